The summed E-state index contributed by atoms with van der Waals surface area (Å²) in [4.78, 5) is 28.9. The van der Waals surface area contributed by atoms with Crippen LogP contribution in [0.2, 0.25) is 5.02 Å². The van der Waals surface area contributed by atoms with Crippen LogP contribution in [0, 0.1) is 11.6 Å². The Morgan fingerprint density at radius 1 is 1.16 bits per heavy atom. The topological polar surface area (TPSA) is 86.4 Å². The van der Waals surface area contributed by atoms with Gasteiger partial charge < -0.3 is 10.6 Å². The lowest BCUT2D eigenvalue weighted by Crippen LogP contribution is -2.54. The quantitative estimate of drug-likeness (QED) is 0.269. The van der Waals surface area contributed by atoms with E-state index >= 15 is 0 Å². The molecule has 2 unspecified atom stereocenters. The number of likely N-dealkylation sites (N-methyl/N-ethyl adjacent to an activating group) is 1. The molecule has 3 aromatic rings. The zero-order valence-electron chi connectivity index (χ0n) is 19.4. The van der Waals surface area contributed by atoms with Crippen LogP contribution in [0.1, 0.15) is 17.0 Å². The number of rotatable bonds is 6. The highest BCUT2D eigenvalue weighted by Crippen LogP contribution is 2.38. The second-order valence-electron chi connectivity index (χ2n) is 8.16. The fourth-order valence-corrected chi connectivity index (χ4v) is 5.63. The van der Waals surface area contributed by atoms with Gasteiger partial charge in [-0.05, 0) is 43.8 Å². The summed E-state index contributed by atoms with van der Waals surface area (Å²) >= 11 is 7.36. The summed E-state index contributed by atoms with van der Waals surface area (Å²) in [6, 6.07) is 7.29. The Hall–Kier alpha value is -2.78. The van der Waals surface area contributed by atoms with Crippen LogP contribution in [-0.4, -0.2) is 40.2 Å². The maximum Gasteiger partial charge on any atom is 0.434 e. The molecule has 202 valence electrons. The van der Waals surface area contributed by atoms with Gasteiger partial charge >= 0.3 is 6.18 Å². The third kappa shape index (κ3) is 6.43. The Labute approximate surface area is 227 Å². The van der Waals surface area contributed by atoms with Crippen molar-refractivity contribution in [2.24, 2.45) is 0 Å². The number of nitrogens with one attached hydrogen (secondary N) is 3. The Kier molecular flexibility index (Phi) is 8.57. The largest absolute Gasteiger partial charge is 0.434 e. The lowest BCUT2D eigenvalue weighted by molar-refractivity contribution is -0.141. The molecule has 1 fully saturated rings. The lowest BCUT2D eigenvalue weighted by Gasteiger charge is -2.34. The fourth-order valence-electron chi connectivity index (χ4n) is 3.60. The highest BCUT2D eigenvalue weighted by Gasteiger charge is 2.39. The van der Waals surface area contributed by atoms with E-state index in [-0.39, 0.29) is 32.6 Å². The molecule has 4 rings (SSSR count). The molecule has 2 amide bonds. The smallest absolute Gasteiger partial charge is 0.350 e. The first-order valence-corrected chi connectivity index (χ1v) is 12.9. The van der Waals surface area contributed by atoms with Gasteiger partial charge in [0.2, 0.25) is 11.8 Å². The van der Waals surface area contributed by atoms with Gasteiger partial charge in [-0.25, -0.2) is 22.8 Å². The van der Waals surface area contributed by atoms with Crippen LogP contribution < -0.4 is 15.4 Å². The highest BCUT2D eigenvalue weighted by atomic mass is 35.5. The van der Waals surface area contributed by atoms with Gasteiger partial charge in [-0.15, -0.1) is 11.3 Å². The minimum atomic E-state index is -4.81. The number of benzene rings is 2. The number of hydrogen-bond acceptors (Lipinski definition) is 7. The average molecular weight is 592 g/mol. The molecule has 2 aromatic carbocycles. The van der Waals surface area contributed by atoms with Crippen LogP contribution in [0.3, 0.4) is 0 Å². The van der Waals surface area contributed by atoms with E-state index < -0.39 is 53.9 Å². The first-order valence-electron chi connectivity index (χ1n) is 10.9. The van der Waals surface area contributed by atoms with Crippen LogP contribution in [0.25, 0.3) is 10.6 Å². The van der Waals surface area contributed by atoms with E-state index in [2.05, 4.69) is 20.3 Å². The van der Waals surface area contributed by atoms with Crippen LogP contribution in [0.5, 0.6) is 0 Å². The molecule has 0 spiro atoms. The van der Waals surface area contributed by atoms with Crippen LogP contribution in [0.4, 0.5) is 27.6 Å². The van der Waals surface area contributed by atoms with E-state index in [1.54, 1.807) is 11.4 Å². The van der Waals surface area contributed by atoms with Gasteiger partial charge in [0.1, 0.15) is 22.7 Å². The molecule has 0 bridgehead atoms. The van der Waals surface area contributed by atoms with E-state index in [0.717, 1.165) is 24.3 Å². The average Bonchev–Trinajstić information content (AvgIpc) is 3.30. The number of hydrogen-bond donors (Lipinski definition) is 3. The molecule has 0 saturated carbocycles. The van der Waals surface area contributed by atoms with E-state index in [0.29, 0.717) is 11.3 Å². The van der Waals surface area contributed by atoms with Crippen molar-refractivity contribution in [1.29, 1.82) is 0 Å². The van der Waals surface area contributed by atoms with E-state index in [1.807, 2.05) is 0 Å². The number of anilines is 1. The molecule has 0 aliphatic carbocycles. The van der Waals surface area contributed by atoms with E-state index in [4.69, 9.17) is 11.6 Å². The molecular formula is C23H19ClF5N5O2S2. The standard InChI is InChI=1S/C23H19ClF5N5O2S2/c1-34-17(21(36)31-11-6-7-15(26)13(24)8-11)9-16(33-38-34)20(35)30-10-18-19(23(27,28)29)32-22(37-18)12-4-2-3-5-14(12)25/h2-8,16-17,33H,9-10H2,1H3,(H,30,35)(H,31,36). The van der Waals surface area contributed by atoms with Crippen molar-refractivity contribution in [3.05, 3.63) is 69.7 Å². The molecule has 1 aromatic heterocycles. The third-order valence-corrected chi connectivity index (χ3v) is 7.85. The Morgan fingerprint density at radius 3 is 2.58 bits per heavy atom. The Balaban J connectivity index is 1.44. The van der Waals surface area contributed by atoms with Gasteiger partial charge in [-0.2, -0.15) is 13.2 Å². The second-order valence-corrected chi connectivity index (χ2v) is 10.6. The molecule has 1 saturated heterocycles. The monoisotopic (exact) mass is 591 g/mol. The summed E-state index contributed by atoms with van der Waals surface area (Å²) in [5, 5.41) is 4.72. The lowest BCUT2D eigenvalue weighted by atomic mass is 10.1. The van der Waals surface area contributed by atoms with Crippen molar-refractivity contribution < 1.29 is 31.5 Å². The Morgan fingerprint density at radius 2 is 1.89 bits per heavy atom. The molecule has 2 heterocycles. The molecule has 1 aliphatic heterocycles. The molecule has 7 nitrogen and oxygen atoms in total. The highest BCUT2D eigenvalue weighted by molar-refractivity contribution is 7.95. The van der Waals surface area contributed by atoms with Crippen molar-refractivity contribution in [3.8, 4) is 10.6 Å². The summed E-state index contributed by atoms with van der Waals surface area (Å²) < 4.78 is 72.8. The summed E-state index contributed by atoms with van der Waals surface area (Å²) in [5.74, 6) is -2.49. The van der Waals surface area contributed by atoms with Crippen molar-refractivity contribution in [2.45, 2.75) is 31.2 Å². The van der Waals surface area contributed by atoms with Crippen molar-refractivity contribution in [3.63, 3.8) is 0 Å². The molecule has 1 aliphatic rings. The van der Waals surface area contributed by atoms with Gasteiger partial charge in [0.15, 0.2) is 5.69 Å². The minimum Gasteiger partial charge on any atom is -0.350 e. The van der Waals surface area contributed by atoms with Crippen LogP contribution in [0.15, 0.2) is 42.5 Å². The molecule has 0 radical (unpaired) electrons. The zero-order chi connectivity index (χ0) is 27.6. The van der Waals surface area contributed by atoms with Gasteiger partial charge in [0.05, 0.1) is 22.5 Å². The predicted molar refractivity (Wildman–Crippen MR) is 135 cm³/mol. The number of alkyl halides is 3. The molecule has 15 heteroatoms. The number of carbonyl (C=O) groups is 2. The number of carbonyl (C=O) groups excluding carboxylic acids is 2. The maximum absolute atomic E-state index is 14.1. The van der Waals surface area contributed by atoms with Gasteiger partial charge in [-0.3, -0.25) is 9.59 Å². The van der Waals surface area contributed by atoms with E-state index in [9.17, 15) is 31.5 Å². The summed E-state index contributed by atoms with van der Waals surface area (Å²) in [6.45, 7) is -0.497. The normalized spacial score (nSPS) is 18.3. The van der Waals surface area contributed by atoms with Crippen LogP contribution in [-0.2, 0) is 22.3 Å². The minimum absolute atomic E-state index is 0.00854. The van der Waals surface area contributed by atoms with Crippen molar-refractivity contribution in [2.75, 3.05) is 12.4 Å². The summed E-state index contributed by atoms with van der Waals surface area (Å²) in [5.41, 5.74) is -1.03. The maximum atomic E-state index is 14.1. The first kappa shape index (κ1) is 28.2. The van der Waals surface area contributed by atoms with Crippen LogP contribution >= 0.6 is 35.1 Å². The second kappa shape index (κ2) is 11.5. The first-order chi connectivity index (χ1) is 17.9. The molecule has 38 heavy (non-hydrogen) atoms. The number of aromatic nitrogens is 1. The molecule has 2 atom stereocenters. The SMILES string of the molecule is CN1SNC(C(=O)NCc2sc(-c3ccccc3F)nc2C(F)(F)F)CC1C(=O)Nc1ccc(F)c(Cl)c1. The summed E-state index contributed by atoms with van der Waals surface area (Å²) in [6.07, 6.45) is -4.82. The van der Waals surface area contributed by atoms with Gasteiger partial charge in [-0.1, -0.05) is 23.7 Å². The molecular weight excluding hydrogens is 573 g/mol. The predicted octanol–water partition coefficient (Wildman–Crippen LogP) is 5.24. The number of amides is 2. The van der Waals surface area contributed by atoms with Crippen molar-refractivity contribution >= 4 is 52.6 Å². The Bertz CT molecular complexity index is 1360. The number of thiazole rings is 1. The number of nitrogens with zero attached hydrogens (tertiary/aromatic N) is 2. The third-order valence-electron chi connectivity index (χ3n) is 5.54. The number of halogens is 6. The van der Waals surface area contributed by atoms with Gasteiger partial charge in [0.25, 0.3) is 0 Å². The van der Waals surface area contributed by atoms with Gasteiger partial charge in [0, 0.05) is 23.4 Å². The zero-order valence-corrected chi connectivity index (χ0v) is 21.8. The molecule has 3 N–H and O–H groups in total. The van der Waals surface area contributed by atoms with Crippen molar-refractivity contribution in [1.82, 2.24) is 19.3 Å². The van der Waals surface area contributed by atoms with E-state index in [1.165, 1.54) is 30.3 Å². The summed E-state index contributed by atoms with van der Waals surface area (Å²) in [7, 11) is 1.62. The fraction of sp³-hybridized carbons (Fsp3) is 0.261.